The summed E-state index contributed by atoms with van der Waals surface area (Å²) >= 11 is 0. The van der Waals surface area contributed by atoms with Crippen LogP contribution >= 0.6 is 0 Å². The number of hydrogen-bond acceptors (Lipinski definition) is 11. The summed E-state index contributed by atoms with van der Waals surface area (Å²) in [6.45, 7) is 5.53. The van der Waals surface area contributed by atoms with E-state index in [1.54, 1.807) is 12.1 Å². The zero-order valence-electron chi connectivity index (χ0n) is 22.2. The number of nitrogens with zero attached hydrogens (tertiary/aromatic N) is 4. The Morgan fingerprint density at radius 2 is 1.65 bits per heavy atom. The number of carbonyl (C=O) groups excluding carboxylic acids is 2. The van der Waals surface area contributed by atoms with E-state index >= 15 is 0 Å². The number of halogens is 1. The number of ether oxygens (including phenoxy) is 2. The summed E-state index contributed by atoms with van der Waals surface area (Å²) in [7, 11) is 0. The van der Waals surface area contributed by atoms with Crippen LogP contribution in [0.3, 0.4) is 0 Å². The maximum Gasteiger partial charge on any atom is 0.319 e. The summed E-state index contributed by atoms with van der Waals surface area (Å²) in [4.78, 5) is 32.1. The molecule has 2 aromatic heterocycles. The van der Waals surface area contributed by atoms with Gasteiger partial charge in [0.25, 0.3) is 11.8 Å². The van der Waals surface area contributed by atoms with Gasteiger partial charge in [0.2, 0.25) is 17.5 Å². The number of esters is 1. The van der Waals surface area contributed by atoms with Crippen molar-refractivity contribution in [3.63, 3.8) is 0 Å². The molecule has 0 spiro atoms. The standard InChI is InChI=1S/C27H29FN6O6/c1-4-21(38-18-8-5-16(6-9-18)23-31-26(15(2)3)39-33-23)27-32-24(34-40-27)17-7-10-19(20(28)13-17)25(36)30-11-12-37-22(35)14-29/h5-10,13,15,21H,4,11-12,14,29H2,1-3H3,(H,30,36). The van der Waals surface area contributed by atoms with E-state index in [-0.39, 0.29) is 42.9 Å². The maximum absolute atomic E-state index is 14.7. The van der Waals surface area contributed by atoms with E-state index in [1.165, 1.54) is 12.1 Å². The van der Waals surface area contributed by atoms with Crippen molar-refractivity contribution in [1.82, 2.24) is 25.6 Å². The fraction of sp³-hybridized carbons (Fsp3) is 0.333. The average molecular weight is 553 g/mol. The molecule has 13 heteroatoms. The van der Waals surface area contributed by atoms with E-state index < -0.39 is 23.8 Å². The van der Waals surface area contributed by atoms with Gasteiger partial charge >= 0.3 is 5.97 Å². The minimum absolute atomic E-state index is 0.0112. The van der Waals surface area contributed by atoms with Crippen LogP contribution in [-0.2, 0) is 9.53 Å². The number of nitrogens with two attached hydrogens (primary N) is 1. The van der Waals surface area contributed by atoms with Gasteiger partial charge in [0, 0.05) is 17.0 Å². The first kappa shape index (κ1) is 28.4. The molecule has 4 rings (SSSR count). The van der Waals surface area contributed by atoms with Crippen LogP contribution in [0.1, 0.15) is 61.4 Å². The summed E-state index contributed by atoms with van der Waals surface area (Å²) < 4.78 is 36.2. The highest BCUT2D eigenvalue weighted by Gasteiger charge is 2.21. The van der Waals surface area contributed by atoms with Crippen LogP contribution in [-0.4, -0.2) is 51.9 Å². The van der Waals surface area contributed by atoms with Crippen LogP contribution in [0.5, 0.6) is 5.75 Å². The van der Waals surface area contributed by atoms with Crippen molar-refractivity contribution >= 4 is 11.9 Å². The van der Waals surface area contributed by atoms with E-state index in [9.17, 15) is 14.0 Å². The molecule has 0 fully saturated rings. The summed E-state index contributed by atoms with van der Waals surface area (Å²) in [5.74, 6) is 0.0920. The molecule has 210 valence electrons. The van der Waals surface area contributed by atoms with Gasteiger partial charge in [-0.3, -0.25) is 9.59 Å². The van der Waals surface area contributed by atoms with Crippen molar-refractivity contribution in [3.05, 3.63) is 65.6 Å². The summed E-state index contributed by atoms with van der Waals surface area (Å²) in [5.41, 5.74) is 6.06. The van der Waals surface area contributed by atoms with Crippen molar-refractivity contribution in [2.24, 2.45) is 5.73 Å². The maximum atomic E-state index is 14.7. The topological polar surface area (TPSA) is 168 Å². The third-order valence-corrected chi connectivity index (χ3v) is 5.70. The molecule has 0 aliphatic carbocycles. The van der Waals surface area contributed by atoms with Gasteiger partial charge in [-0.2, -0.15) is 9.97 Å². The van der Waals surface area contributed by atoms with E-state index in [0.717, 1.165) is 11.6 Å². The predicted molar refractivity (Wildman–Crippen MR) is 140 cm³/mol. The van der Waals surface area contributed by atoms with E-state index in [1.807, 2.05) is 32.9 Å². The molecule has 2 aromatic carbocycles. The molecule has 0 aliphatic heterocycles. The Bertz CT molecular complexity index is 1450. The lowest BCUT2D eigenvalue weighted by atomic mass is 10.1. The Balaban J connectivity index is 1.39. The highest BCUT2D eigenvalue weighted by molar-refractivity contribution is 5.94. The second kappa shape index (κ2) is 12.9. The Morgan fingerprint density at radius 1 is 1.00 bits per heavy atom. The summed E-state index contributed by atoms with van der Waals surface area (Å²) in [5, 5.41) is 10.4. The fourth-order valence-electron chi connectivity index (χ4n) is 3.55. The first-order chi connectivity index (χ1) is 19.3. The SMILES string of the molecule is CCC(Oc1ccc(-c2noc(C(C)C)n2)cc1)c1nc(-c2ccc(C(=O)NCCOC(=O)CN)c(F)c2)no1. The molecule has 12 nitrogen and oxygen atoms in total. The molecule has 2 heterocycles. The van der Waals surface area contributed by atoms with Crippen molar-refractivity contribution in [2.75, 3.05) is 19.7 Å². The van der Waals surface area contributed by atoms with E-state index in [0.29, 0.717) is 29.4 Å². The van der Waals surface area contributed by atoms with Crippen LogP contribution in [0.15, 0.2) is 51.5 Å². The third kappa shape index (κ3) is 6.86. The molecule has 3 N–H and O–H groups in total. The lowest BCUT2D eigenvalue weighted by Gasteiger charge is -2.13. The van der Waals surface area contributed by atoms with Crippen molar-refractivity contribution in [1.29, 1.82) is 0 Å². The molecule has 1 unspecified atom stereocenters. The van der Waals surface area contributed by atoms with Crippen LogP contribution in [0.2, 0.25) is 0 Å². The summed E-state index contributed by atoms with van der Waals surface area (Å²) in [6.07, 6.45) is -0.0203. The second-order valence-electron chi connectivity index (χ2n) is 8.98. The van der Waals surface area contributed by atoms with Crippen LogP contribution in [0.4, 0.5) is 4.39 Å². The predicted octanol–water partition coefficient (Wildman–Crippen LogP) is 3.81. The van der Waals surface area contributed by atoms with E-state index in [2.05, 4.69) is 25.6 Å². The minimum atomic E-state index is -0.772. The number of carbonyl (C=O) groups is 2. The quantitative estimate of drug-likeness (QED) is 0.194. The average Bonchev–Trinajstić information content (AvgIpc) is 3.65. The smallest absolute Gasteiger partial charge is 0.319 e. The molecular formula is C27H29FN6O6. The Hall–Kier alpha value is -4.65. The van der Waals surface area contributed by atoms with Crippen molar-refractivity contribution in [3.8, 4) is 28.5 Å². The largest absolute Gasteiger partial charge is 0.481 e. The lowest BCUT2D eigenvalue weighted by molar-refractivity contribution is -0.141. The molecule has 1 atom stereocenters. The van der Waals surface area contributed by atoms with Crippen molar-refractivity contribution < 1.29 is 32.5 Å². The monoisotopic (exact) mass is 552 g/mol. The molecule has 0 aliphatic rings. The van der Waals surface area contributed by atoms with Gasteiger partial charge in [-0.05, 0) is 42.8 Å². The van der Waals surface area contributed by atoms with E-state index in [4.69, 9.17) is 24.3 Å². The highest BCUT2D eigenvalue weighted by Crippen LogP contribution is 2.28. The first-order valence-corrected chi connectivity index (χ1v) is 12.7. The number of aromatic nitrogens is 4. The molecule has 0 radical (unpaired) electrons. The molecular weight excluding hydrogens is 523 g/mol. The lowest BCUT2D eigenvalue weighted by Crippen LogP contribution is -2.29. The van der Waals surface area contributed by atoms with Gasteiger partial charge in [0.1, 0.15) is 18.2 Å². The molecule has 0 saturated heterocycles. The number of amides is 1. The number of nitrogens with one attached hydrogen (secondary N) is 1. The Labute approximate surface area is 229 Å². The molecule has 0 saturated carbocycles. The molecule has 0 bridgehead atoms. The molecule has 4 aromatic rings. The zero-order chi connectivity index (χ0) is 28.6. The van der Waals surface area contributed by atoms with Gasteiger partial charge in [-0.25, -0.2) is 4.39 Å². The third-order valence-electron chi connectivity index (χ3n) is 5.70. The van der Waals surface area contributed by atoms with Crippen LogP contribution < -0.4 is 15.8 Å². The zero-order valence-corrected chi connectivity index (χ0v) is 22.2. The Morgan fingerprint density at radius 3 is 2.27 bits per heavy atom. The summed E-state index contributed by atoms with van der Waals surface area (Å²) in [6, 6.07) is 11.2. The van der Waals surface area contributed by atoms with Gasteiger partial charge in [0.05, 0.1) is 18.7 Å². The second-order valence-corrected chi connectivity index (χ2v) is 8.98. The van der Waals surface area contributed by atoms with Gasteiger partial charge in [-0.15, -0.1) is 0 Å². The fourth-order valence-corrected chi connectivity index (χ4v) is 3.55. The first-order valence-electron chi connectivity index (χ1n) is 12.7. The van der Waals surface area contributed by atoms with Gasteiger partial charge < -0.3 is 29.6 Å². The Kier molecular flexibility index (Phi) is 9.17. The number of hydrogen-bond donors (Lipinski definition) is 2. The van der Waals surface area contributed by atoms with Gasteiger partial charge in [-0.1, -0.05) is 37.2 Å². The number of benzene rings is 2. The van der Waals surface area contributed by atoms with Crippen LogP contribution in [0, 0.1) is 5.82 Å². The molecule has 40 heavy (non-hydrogen) atoms. The normalized spacial score (nSPS) is 11.8. The number of rotatable bonds is 12. The van der Waals surface area contributed by atoms with Crippen LogP contribution in [0.25, 0.3) is 22.8 Å². The minimum Gasteiger partial charge on any atom is -0.481 e. The van der Waals surface area contributed by atoms with Gasteiger partial charge in [0.15, 0.2) is 6.10 Å². The molecule has 1 amide bonds. The highest BCUT2D eigenvalue weighted by atomic mass is 19.1. The van der Waals surface area contributed by atoms with Crippen molar-refractivity contribution in [2.45, 2.75) is 39.2 Å².